The molecule has 2 aliphatic rings. The lowest BCUT2D eigenvalue weighted by Gasteiger charge is -2.35. The minimum atomic E-state index is -0.603. The Hall–Kier alpha value is -8.20. The second-order valence-electron chi connectivity index (χ2n) is 20.9. The van der Waals surface area contributed by atoms with Crippen LogP contribution in [0.3, 0.4) is 0 Å². The van der Waals surface area contributed by atoms with Crippen molar-refractivity contribution >= 4 is 17.1 Å². The van der Waals surface area contributed by atoms with Crippen molar-refractivity contribution in [3.8, 4) is 44.9 Å². The lowest BCUT2D eigenvalue weighted by atomic mass is 9.67. The van der Waals surface area contributed by atoms with E-state index in [4.69, 9.17) is 4.74 Å². The Balaban J connectivity index is 0.851. The molecule has 0 N–H and O–H groups in total. The standard InChI is InChI=1S/C72H63NO/c1-5-51(55-20-22-57(23-21-55)59-26-24-58-25-27-60(58)47-59)46-50(4)53-32-41-66(42-33-53)74-67-43-36-62(37-44-67)72(61-34-28-52(29-35-61)49(2)3)70-19-13-12-18-68(70)69-45-40-65(48-71(69)72)73(63-16-10-7-11-17-63)64-38-30-56(31-39-64)54-14-8-6-9-15-54/h6-24,26,28-45,47-51H,5,25,27,46H2,1-4H3. The van der Waals surface area contributed by atoms with E-state index in [1.54, 1.807) is 0 Å². The molecule has 10 aromatic carbocycles. The maximum absolute atomic E-state index is 6.67. The minimum Gasteiger partial charge on any atom is -0.457 e. The Morgan fingerprint density at radius 2 is 0.932 bits per heavy atom. The molecule has 0 fully saturated rings. The van der Waals surface area contributed by atoms with Crippen molar-refractivity contribution in [2.75, 3.05) is 4.90 Å². The SMILES string of the molecule is CCC(CC(C)c1ccc(Oc2ccc(C3(c4ccc(C(C)C)cc4)c4ccccc4-c4ccc(N(c5ccccc5)c5ccc(-c6ccccc6)cc5)cc43)cc2)cc1)c1ccc(-c2ccc3c(c2)CC3)cc1. The molecule has 2 heteroatoms. The van der Waals surface area contributed by atoms with Gasteiger partial charge in [0, 0.05) is 17.1 Å². The van der Waals surface area contributed by atoms with Crippen molar-refractivity contribution in [3.63, 3.8) is 0 Å². The van der Waals surface area contributed by atoms with Crippen molar-refractivity contribution in [1.82, 2.24) is 0 Å². The summed E-state index contributed by atoms with van der Waals surface area (Å²) in [7, 11) is 0. The van der Waals surface area contributed by atoms with E-state index >= 15 is 0 Å². The molecular weight excluding hydrogens is 895 g/mol. The van der Waals surface area contributed by atoms with E-state index in [9.17, 15) is 0 Å². The molecule has 12 rings (SSSR count). The van der Waals surface area contributed by atoms with Gasteiger partial charge in [0.05, 0.1) is 5.41 Å². The zero-order valence-electron chi connectivity index (χ0n) is 43.0. The lowest BCUT2D eigenvalue weighted by molar-refractivity contribution is 0.481. The highest BCUT2D eigenvalue weighted by atomic mass is 16.5. The molecule has 0 aromatic heterocycles. The first-order valence-electron chi connectivity index (χ1n) is 26.8. The van der Waals surface area contributed by atoms with Gasteiger partial charge in [-0.25, -0.2) is 0 Å². The number of benzene rings is 10. The average molecular weight is 958 g/mol. The van der Waals surface area contributed by atoms with Crippen molar-refractivity contribution in [2.45, 2.75) is 76.5 Å². The molecule has 10 aromatic rings. The normalized spacial score (nSPS) is 15.1. The van der Waals surface area contributed by atoms with Gasteiger partial charge in [-0.3, -0.25) is 0 Å². The molecule has 0 bridgehead atoms. The van der Waals surface area contributed by atoms with Crippen LogP contribution in [0.5, 0.6) is 11.5 Å². The summed E-state index contributed by atoms with van der Waals surface area (Å²) in [5.74, 6) is 2.97. The van der Waals surface area contributed by atoms with Crippen LogP contribution >= 0.6 is 0 Å². The predicted molar refractivity (Wildman–Crippen MR) is 310 cm³/mol. The number of fused-ring (bicyclic) bond motifs is 4. The summed E-state index contributed by atoms with van der Waals surface area (Å²) in [6.07, 6.45) is 4.64. The summed E-state index contributed by atoms with van der Waals surface area (Å²) in [6.45, 7) is 9.23. The number of hydrogen-bond donors (Lipinski definition) is 0. The Labute approximate surface area is 438 Å². The maximum atomic E-state index is 6.67. The molecule has 0 radical (unpaired) electrons. The molecule has 74 heavy (non-hydrogen) atoms. The van der Waals surface area contributed by atoms with Gasteiger partial charge < -0.3 is 9.64 Å². The van der Waals surface area contributed by atoms with E-state index < -0.39 is 5.41 Å². The molecule has 3 unspecified atom stereocenters. The van der Waals surface area contributed by atoms with Crippen LogP contribution in [-0.2, 0) is 18.3 Å². The first-order chi connectivity index (χ1) is 36.3. The first-order valence-corrected chi connectivity index (χ1v) is 26.8. The van der Waals surface area contributed by atoms with Gasteiger partial charge in [0.2, 0.25) is 0 Å². The fourth-order valence-electron chi connectivity index (χ4n) is 12.0. The van der Waals surface area contributed by atoms with Gasteiger partial charge in [0.15, 0.2) is 0 Å². The van der Waals surface area contributed by atoms with Crippen molar-refractivity contribution < 1.29 is 4.74 Å². The van der Waals surface area contributed by atoms with Gasteiger partial charge in [0.1, 0.15) is 11.5 Å². The van der Waals surface area contributed by atoms with E-state index in [0.29, 0.717) is 17.8 Å². The van der Waals surface area contributed by atoms with Gasteiger partial charge in [-0.2, -0.15) is 0 Å². The summed E-state index contributed by atoms with van der Waals surface area (Å²) in [5.41, 5.74) is 22.3. The maximum Gasteiger partial charge on any atom is 0.127 e. The summed E-state index contributed by atoms with van der Waals surface area (Å²) in [5, 5.41) is 0. The van der Waals surface area contributed by atoms with Crippen molar-refractivity contribution in [1.29, 1.82) is 0 Å². The first kappa shape index (κ1) is 46.8. The highest BCUT2D eigenvalue weighted by molar-refractivity contribution is 5.90. The number of ether oxygens (including phenoxy) is 1. The molecule has 362 valence electrons. The highest BCUT2D eigenvalue weighted by Crippen LogP contribution is 2.57. The fraction of sp³-hybridized carbons (Fsp3) is 0.167. The zero-order chi connectivity index (χ0) is 50.2. The average Bonchev–Trinajstić information content (AvgIpc) is 3.75. The zero-order valence-corrected chi connectivity index (χ0v) is 43.0. The van der Waals surface area contributed by atoms with E-state index in [0.717, 1.165) is 41.4 Å². The van der Waals surface area contributed by atoms with Gasteiger partial charge in [0.25, 0.3) is 0 Å². The number of rotatable bonds is 15. The van der Waals surface area contributed by atoms with Crippen molar-refractivity contribution in [2.24, 2.45) is 0 Å². The monoisotopic (exact) mass is 957 g/mol. The summed E-state index contributed by atoms with van der Waals surface area (Å²) in [4.78, 5) is 2.39. The second kappa shape index (κ2) is 20.0. The van der Waals surface area contributed by atoms with Gasteiger partial charge in [-0.1, -0.05) is 210 Å². The summed E-state index contributed by atoms with van der Waals surface area (Å²) >= 11 is 0. The fourth-order valence-corrected chi connectivity index (χ4v) is 12.0. The van der Waals surface area contributed by atoms with E-state index in [2.05, 4.69) is 275 Å². The number of aryl methyl sites for hydroxylation is 2. The van der Waals surface area contributed by atoms with Crippen LogP contribution in [0.15, 0.2) is 243 Å². The minimum absolute atomic E-state index is 0.407. The number of para-hydroxylation sites is 1. The molecule has 2 aliphatic carbocycles. The summed E-state index contributed by atoms with van der Waals surface area (Å²) in [6, 6.07) is 89.8. The third-order valence-electron chi connectivity index (χ3n) is 16.2. The van der Waals surface area contributed by atoms with Crippen LogP contribution < -0.4 is 9.64 Å². The molecule has 0 spiro atoms. The van der Waals surface area contributed by atoms with Crippen LogP contribution in [0.4, 0.5) is 17.1 Å². The molecule has 0 heterocycles. The lowest BCUT2D eigenvalue weighted by Crippen LogP contribution is -2.29. The van der Waals surface area contributed by atoms with Gasteiger partial charge >= 0.3 is 0 Å². The number of nitrogens with zero attached hydrogens (tertiary/aromatic N) is 1. The van der Waals surface area contributed by atoms with Crippen LogP contribution in [0, 0.1) is 0 Å². The number of hydrogen-bond acceptors (Lipinski definition) is 2. The van der Waals surface area contributed by atoms with E-state index in [1.165, 1.54) is 96.3 Å². The Bertz CT molecular complexity index is 3540. The summed E-state index contributed by atoms with van der Waals surface area (Å²) < 4.78 is 6.67. The molecule has 2 nitrogen and oxygen atoms in total. The topological polar surface area (TPSA) is 12.5 Å². The third kappa shape index (κ3) is 8.73. The van der Waals surface area contributed by atoms with Gasteiger partial charge in [-0.05, 0) is 188 Å². The quantitative estimate of drug-likeness (QED) is 0.102. The molecular formula is C72H63NO. The second-order valence-corrected chi connectivity index (χ2v) is 20.9. The van der Waals surface area contributed by atoms with E-state index in [-0.39, 0.29) is 0 Å². The Kier molecular flexibility index (Phi) is 12.7. The molecule has 0 aliphatic heterocycles. The molecule has 0 saturated carbocycles. The predicted octanol–water partition coefficient (Wildman–Crippen LogP) is 19.6. The van der Waals surface area contributed by atoms with Crippen LogP contribution in [0.25, 0.3) is 33.4 Å². The van der Waals surface area contributed by atoms with Crippen molar-refractivity contribution in [3.05, 3.63) is 293 Å². The van der Waals surface area contributed by atoms with E-state index in [1.807, 2.05) is 0 Å². The number of anilines is 3. The Morgan fingerprint density at radius 3 is 1.58 bits per heavy atom. The molecule has 0 amide bonds. The molecule has 0 saturated heterocycles. The van der Waals surface area contributed by atoms with Gasteiger partial charge in [-0.15, -0.1) is 0 Å². The molecule has 3 atom stereocenters. The highest BCUT2D eigenvalue weighted by Gasteiger charge is 2.46. The smallest absolute Gasteiger partial charge is 0.127 e. The largest absolute Gasteiger partial charge is 0.457 e. The Morgan fingerprint density at radius 1 is 0.419 bits per heavy atom. The third-order valence-corrected chi connectivity index (χ3v) is 16.2. The van der Waals surface area contributed by atoms with Crippen LogP contribution in [0.1, 0.15) is 108 Å². The van der Waals surface area contributed by atoms with Crippen LogP contribution in [0.2, 0.25) is 0 Å². The van der Waals surface area contributed by atoms with Crippen LogP contribution in [-0.4, -0.2) is 0 Å².